The van der Waals surface area contributed by atoms with Crippen molar-refractivity contribution in [2.45, 2.75) is 65.3 Å². The lowest BCUT2D eigenvalue weighted by molar-refractivity contribution is -0.140. The van der Waals surface area contributed by atoms with Crippen molar-refractivity contribution >= 4 is 17.9 Å². The van der Waals surface area contributed by atoms with Crippen LogP contribution in [-0.4, -0.2) is 41.5 Å². The number of carbonyl (C=O) groups is 3. The number of nitrogens with zero attached hydrogens (tertiary/aromatic N) is 1. The zero-order chi connectivity index (χ0) is 28.6. The largest absolute Gasteiger partial charge is 0.444 e. The van der Waals surface area contributed by atoms with E-state index < -0.39 is 29.7 Å². The molecule has 3 aromatic carbocycles. The number of ether oxygens (including phenoxy) is 1. The molecule has 3 amide bonds. The molecule has 0 aromatic heterocycles. The van der Waals surface area contributed by atoms with Crippen molar-refractivity contribution in [2.24, 2.45) is 0 Å². The van der Waals surface area contributed by atoms with Gasteiger partial charge in [0.25, 0.3) is 0 Å². The maximum atomic E-state index is 14.0. The van der Waals surface area contributed by atoms with Gasteiger partial charge in [0.15, 0.2) is 0 Å². The van der Waals surface area contributed by atoms with Gasteiger partial charge in [-0.3, -0.25) is 9.59 Å². The lowest BCUT2D eigenvalue weighted by atomic mass is 9.96. The van der Waals surface area contributed by atoms with E-state index in [0.717, 1.165) is 27.8 Å². The van der Waals surface area contributed by atoms with Gasteiger partial charge in [-0.2, -0.15) is 0 Å². The number of hydrogen-bond donors (Lipinski definition) is 2. The summed E-state index contributed by atoms with van der Waals surface area (Å²) in [7, 11) is 1.60. The smallest absolute Gasteiger partial charge is 0.408 e. The Bertz CT molecular complexity index is 1270. The summed E-state index contributed by atoms with van der Waals surface area (Å²) in [6, 6.07) is 23.0. The number of alkyl carbamates (subject to hydrolysis) is 1. The number of hydrogen-bond acceptors (Lipinski definition) is 4. The highest BCUT2D eigenvalue weighted by atomic mass is 16.6. The summed E-state index contributed by atoms with van der Waals surface area (Å²) in [5.41, 5.74) is 3.77. The van der Waals surface area contributed by atoms with Gasteiger partial charge in [-0.1, -0.05) is 84.4 Å². The van der Waals surface area contributed by atoms with Crippen LogP contribution in [0.2, 0.25) is 0 Å². The van der Waals surface area contributed by atoms with E-state index in [4.69, 9.17) is 4.74 Å². The molecule has 0 heterocycles. The predicted molar refractivity (Wildman–Crippen MR) is 153 cm³/mol. The first-order chi connectivity index (χ1) is 18.4. The van der Waals surface area contributed by atoms with E-state index in [1.807, 2.05) is 92.7 Å². The minimum absolute atomic E-state index is 0.245. The Kier molecular flexibility index (Phi) is 9.88. The predicted octanol–water partition coefficient (Wildman–Crippen LogP) is 5.26. The minimum atomic E-state index is -0.942. The Balaban J connectivity index is 1.93. The standard InChI is InChI=1S/C32H39N3O4/c1-22-17-18-26(23(2)19-22)28(29(36)33-21-25-15-11-8-12-16-25)35(6)30(37)27(20-24-13-9-7-10-14-24)34-31(38)39-32(3,4)5/h7-19,27-28H,20-21H2,1-6H3,(H,33,36)(H,34,38). The van der Waals surface area contributed by atoms with Gasteiger partial charge in [0, 0.05) is 20.0 Å². The summed E-state index contributed by atoms with van der Waals surface area (Å²) < 4.78 is 5.45. The Hall–Kier alpha value is -4.13. The van der Waals surface area contributed by atoms with Gasteiger partial charge >= 0.3 is 6.09 Å². The molecule has 0 saturated heterocycles. The first kappa shape index (κ1) is 29.4. The summed E-state index contributed by atoms with van der Waals surface area (Å²) in [5, 5.41) is 5.74. The molecule has 0 aliphatic heterocycles. The SMILES string of the molecule is Cc1ccc(C(C(=O)NCc2ccccc2)N(C)C(=O)C(Cc2ccccc2)NC(=O)OC(C)(C)C)c(C)c1. The lowest BCUT2D eigenvalue weighted by Gasteiger charge is -2.32. The topological polar surface area (TPSA) is 87.7 Å². The zero-order valence-corrected chi connectivity index (χ0v) is 23.7. The van der Waals surface area contributed by atoms with Crippen LogP contribution >= 0.6 is 0 Å². The van der Waals surface area contributed by atoms with Crippen molar-refractivity contribution in [3.8, 4) is 0 Å². The van der Waals surface area contributed by atoms with Crippen LogP contribution in [0, 0.1) is 13.8 Å². The van der Waals surface area contributed by atoms with E-state index in [1.54, 1.807) is 27.8 Å². The maximum absolute atomic E-state index is 14.0. The van der Waals surface area contributed by atoms with Gasteiger partial charge < -0.3 is 20.3 Å². The summed E-state index contributed by atoms with van der Waals surface area (Å²) in [6.07, 6.45) is -0.448. The highest BCUT2D eigenvalue weighted by molar-refractivity contribution is 5.92. The first-order valence-corrected chi connectivity index (χ1v) is 13.1. The zero-order valence-electron chi connectivity index (χ0n) is 23.7. The van der Waals surface area contributed by atoms with E-state index in [2.05, 4.69) is 10.6 Å². The fourth-order valence-corrected chi connectivity index (χ4v) is 4.41. The van der Waals surface area contributed by atoms with E-state index >= 15 is 0 Å². The van der Waals surface area contributed by atoms with Crippen molar-refractivity contribution in [1.82, 2.24) is 15.5 Å². The van der Waals surface area contributed by atoms with E-state index in [-0.39, 0.29) is 12.3 Å². The number of amides is 3. The van der Waals surface area contributed by atoms with Crippen LogP contribution in [0.4, 0.5) is 4.79 Å². The molecule has 0 aliphatic rings. The van der Waals surface area contributed by atoms with Gasteiger partial charge in [0.1, 0.15) is 17.7 Å². The Morgan fingerprint density at radius 3 is 2.03 bits per heavy atom. The summed E-state index contributed by atoms with van der Waals surface area (Å²) in [6.45, 7) is 9.53. The van der Waals surface area contributed by atoms with Gasteiger partial charge in [0.2, 0.25) is 11.8 Å². The molecule has 0 radical (unpaired) electrons. The molecule has 7 heteroatoms. The fourth-order valence-electron chi connectivity index (χ4n) is 4.41. The van der Waals surface area contributed by atoms with Crippen LogP contribution in [-0.2, 0) is 27.3 Å². The normalized spacial score (nSPS) is 12.7. The van der Waals surface area contributed by atoms with E-state index in [1.165, 1.54) is 4.90 Å². The van der Waals surface area contributed by atoms with Crippen LogP contribution < -0.4 is 10.6 Å². The minimum Gasteiger partial charge on any atom is -0.444 e. The molecular formula is C32H39N3O4. The molecule has 2 atom stereocenters. The van der Waals surface area contributed by atoms with Crippen LogP contribution in [0.5, 0.6) is 0 Å². The Labute approximate surface area is 231 Å². The molecule has 0 aliphatic carbocycles. The quantitative estimate of drug-likeness (QED) is 0.396. The monoisotopic (exact) mass is 529 g/mol. The second-order valence-electron chi connectivity index (χ2n) is 10.8. The summed E-state index contributed by atoms with van der Waals surface area (Å²) in [4.78, 5) is 41.8. The van der Waals surface area contributed by atoms with Crippen LogP contribution in [0.1, 0.15) is 54.6 Å². The third-order valence-corrected chi connectivity index (χ3v) is 6.28. The lowest BCUT2D eigenvalue weighted by Crippen LogP contribution is -2.52. The van der Waals surface area contributed by atoms with Crippen molar-refractivity contribution < 1.29 is 19.1 Å². The second kappa shape index (κ2) is 13.1. The van der Waals surface area contributed by atoms with Crippen molar-refractivity contribution in [3.05, 3.63) is 107 Å². The van der Waals surface area contributed by atoms with Crippen molar-refractivity contribution in [2.75, 3.05) is 7.05 Å². The molecule has 7 nitrogen and oxygen atoms in total. The molecule has 0 fully saturated rings. The number of likely N-dealkylation sites (N-methyl/N-ethyl adjacent to an activating group) is 1. The Morgan fingerprint density at radius 2 is 1.46 bits per heavy atom. The third-order valence-electron chi connectivity index (χ3n) is 6.28. The second-order valence-corrected chi connectivity index (χ2v) is 10.8. The molecule has 0 saturated carbocycles. The van der Waals surface area contributed by atoms with Crippen LogP contribution in [0.15, 0.2) is 78.9 Å². The summed E-state index contributed by atoms with van der Waals surface area (Å²) in [5.74, 6) is -0.707. The maximum Gasteiger partial charge on any atom is 0.408 e. The number of nitrogens with one attached hydrogen (secondary N) is 2. The Morgan fingerprint density at radius 1 is 0.872 bits per heavy atom. The molecule has 3 rings (SSSR count). The molecule has 0 bridgehead atoms. The third kappa shape index (κ3) is 8.70. The molecule has 206 valence electrons. The number of benzene rings is 3. The van der Waals surface area contributed by atoms with Gasteiger partial charge in [0.05, 0.1) is 0 Å². The average molecular weight is 530 g/mol. The number of rotatable bonds is 9. The van der Waals surface area contributed by atoms with E-state index in [0.29, 0.717) is 6.54 Å². The van der Waals surface area contributed by atoms with E-state index in [9.17, 15) is 14.4 Å². The molecule has 3 aromatic rings. The molecule has 0 spiro atoms. The molecular weight excluding hydrogens is 490 g/mol. The number of aryl methyl sites for hydroxylation is 2. The fraction of sp³-hybridized carbons (Fsp3) is 0.344. The van der Waals surface area contributed by atoms with Gasteiger partial charge in [-0.05, 0) is 56.9 Å². The highest BCUT2D eigenvalue weighted by Crippen LogP contribution is 2.26. The van der Waals surface area contributed by atoms with Gasteiger partial charge in [-0.15, -0.1) is 0 Å². The molecule has 2 N–H and O–H groups in total. The molecule has 39 heavy (non-hydrogen) atoms. The van der Waals surface area contributed by atoms with Crippen LogP contribution in [0.3, 0.4) is 0 Å². The first-order valence-electron chi connectivity index (χ1n) is 13.1. The highest BCUT2D eigenvalue weighted by Gasteiger charge is 2.34. The van der Waals surface area contributed by atoms with Crippen molar-refractivity contribution in [1.29, 1.82) is 0 Å². The van der Waals surface area contributed by atoms with Crippen molar-refractivity contribution in [3.63, 3.8) is 0 Å². The average Bonchev–Trinajstić information content (AvgIpc) is 2.88. The summed E-state index contributed by atoms with van der Waals surface area (Å²) >= 11 is 0. The van der Waals surface area contributed by atoms with Gasteiger partial charge in [-0.25, -0.2) is 4.79 Å². The van der Waals surface area contributed by atoms with Crippen LogP contribution in [0.25, 0.3) is 0 Å². The number of carbonyl (C=O) groups excluding carboxylic acids is 3. The molecule has 2 unspecified atom stereocenters.